The Hall–Kier alpha value is -1.08. The summed E-state index contributed by atoms with van der Waals surface area (Å²) in [7, 11) is 0. The van der Waals surface area contributed by atoms with Gasteiger partial charge in [-0.1, -0.05) is 13.8 Å². The number of hydrogen-bond acceptors (Lipinski definition) is 3. The number of rotatable bonds is 4. The second-order valence-corrected chi connectivity index (χ2v) is 3.54. The van der Waals surface area contributed by atoms with Gasteiger partial charge in [-0.05, 0) is 12.8 Å². The van der Waals surface area contributed by atoms with E-state index in [1.54, 1.807) is 6.92 Å². The van der Waals surface area contributed by atoms with Gasteiger partial charge in [-0.15, -0.1) is 0 Å². The molecule has 3 N–H and O–H groups in total. The number of nitrogens with zero attached hydrogens (tertiary/aromatic N) is 1. The summed E-state index contributed by atoms with van der Waals surface area (Å²) in [4.78, 5) is 11.3. The second-order valence-electron chi connectivity index (χ2n) is 3.54. The molecular formula is C9H17N3O. The zero-order valence-electron chi connectivity index (χ0n) is 8.37. The van der Waals surface area contributed by atoms with Crippen molar-refractivity contribution in [1.29, 1.82) is 5.26 Å². The van der Waals surface area contributed by atoms with Crippen molar-refractivity contribution >= 4 is 5.91 Å². The van der Waals surface area contributed by atoms with E-state index in [9.17, 15) is 4.79 Å². The number of carbonyl (C=O) groups excluding carboxylic acids is 1. The Bertz CT molecular complexity index is 207. The number of hydrogen-bond donors (Lipinski definition) is 2. The molecule has 0 rings (SSSR count). The highest BCUT2D eigenvalue weighted by molar-refractivity contribution is 5.81. The van der Waals surface area contributed by atoms with Gasteiger partial charge < -0.3 is 11.1 Å². The molecule has 1 unspecified atom stereocenters. The fourth-order valence-electron chi connectivity index (χ4n) is 0.830. The van der Waals surface area contributed by atoms with E-state index >= 15 is 0 Å². The number of amides is 1. The molecule has 0 aromatic rings. The van der Waals surface area contributed by atoms with Crippen LogP contribution in [0.25, 0.3) is 0 Å². The molecule has 0 radical (unpaired) electrons. The Kier molecular flexibility index (Phi) is 5.09. The molecule has 2 atom stereocenters. The summed E-state index contributed by atoms with van der Waals surface area (Å²) >= 11 is 0. The normalized spacial score (nSPS) is 14.8. The van der Waals surface area contributed by atoms with Crippen LogP contribution in [0.15, 0.2) is 0 Å². The van der Waals surface area contributed by atoms with Gasteiger partial charge in [0.2, 0.25) is 5.91 Å². The summed E-state index contributed by atoms with van der Waals surface area (Å²) < 4.78 is 0. The van der Waals surface area contributed by atoms with Crippen molar-refractivity contribution in [1.82, 2.24) is 5.32 Å². The summed E-state index contributed by atoms with van der Waals surface area (Å²) in [5.41, 5.74) is 5.61. The fourth-order valence-corrected chi connectivity index (χ4v) is 0.830. The van der Waals surface area contributed by atoms with Crippen LogP contribution in [0.5, 0.6) is 0 Å². The Morgan fingerprint density at radius 2 is 2.08 bits per heavy atom. The third-order valence-electron chi connectivity index (χ3n) is 1.81. The average Bonchev–Trinajstić information content (AvgIpc) is 2.03. The predicted molar refractivity (Wildman–Crippen MR) is 50.6 cm³/mol. The number of nitriles is 1. The van der Waals surface area contributed by atoms with Crippen molar-refractivity contribution in [3.8, 4) is 6.07 Å². The van der Waals surface area contributed by atoms with Gasteiger partial charge >= 0.3 is 0 Å². The molecule has 4 heteroatoms. The molecule has 13 heavy (non-hydrogen) atoms. The lowest BCUT2D eigenvalue weighted by Crippen LogP contribution is -2.46. The van der Waals surface area contributed by atoms with Gasteiger partial charge in [-0.25, -0.2) is 0 Å². The maximum absolute atomic E-state index is 11.3. The first-order valence-corrected chi connectivity index (χ1v) is 4.42. The van der Waals surface area contributed by atoms with E-state index in [0.717, 1.165) is 0 Å². The van der Waals surface area contributed by atoms with Gasteiger partial charge in [-0.2, -0.15) is 5.26 Å². The monoisotopic (exact) mass is 183 g/mol. The van der Waals surface area contributed by atoms with Gasteiger partial charge in [0.15, 0.2) is 0 Å². The third kappa shape index (κ3) is 4.48. The lowest BCUT2D eigenvalue weighted by atomic mass is 10.0. The lowest BCUT2D eigenvalue weighted by Gasteiger charge is -2.17. The molecule has 0 saturated carbocycles. The molecule has 0 saturated heterocycles. The Morgan fingerprint density at radius 3 is 2.46 bits per heavy atom. The zero-order chi connectivity index (χ0) is 10.4. The van der Waals surface area contributed by atoms with E-state index in [2.05, 4.69) is 5.32 Å². The average molecular weight is 183 g/mol. The van der Waals surface area contributed by atoms with Crippen LogP contribution >= 0.6 is 0 Å². The third-order valence-corrected chi connectivity index (χ3v) is 1.81. The van der Waals surface area contributed by atoms with Crippen molar-refractivity contribution < 1.29 is 4.79 Å². The first kappa shape index (κ1) is 11.9. The maximum Gasteiger partial charge on any atom is 0.237 e. The van der Waals surface area contributed by atoms with Crippen molar-refractivity contribution in [2.24, 2.45) is 11.7 Å². The Labute approximate surface area is 79.1 Å². The minimum atomic E-state index is -0.485. The first-order valence-electron chi connectivity index (χ1n) is 4.42. The zero-order valence-corrected chi connectivity index (χ0v) is 8.37. The topological polar surface area (TPSA) is 78.9 Å². The largest absolute Gasteiger partial charge is 0.351 e. The lowest BCUT2D eigenvalue weighted by molar-refractivity contribution is -0.123. The predicted octanol–water partition coefficient (Wildman–Crippen LogP) is 0.388. The van der Waals surface area contributed by atoms with E-state index < -0.39 is 6.04 Å². The molecule has 0 spiro atoms. The SMILES string of the molecule is CC(CC#N)NC(=O)[C@H](N)C(C)C. The van der Waals surface area contributed by atoms with Crippen molar-refractivity contribution in [3.63, 3.8) is 0 Å². The van der Waals surface area contributed by atoms with E-state index in [1.807, 2.05) is 19.9 Å². The molecule has 0 aliphatic carbocycles. The summed E-state index contributed by atoms with van der Waals surface area (Å²) in [6.45, 7) is 5.56. The first-order chi connectivity index (χ1) is 5.99. The highest BCUT2D eigenvalue weighted by Gasteiger charge is 2.18. The summed E-state index contributed by atoms with van der Waals surface area (Å²) in [6, 6.07) is 1.38. The maximum atomic E-state index is 11.3. The molecular weight excluding hydrogens is 166 g/mol. The van der Waals surface area contributed by atoms with Gasteiger partial charge in [0.1, 0.15) is 0 Å². The van der Waals surface area contributed by atoms with Gasteiger partial charge in [-0.3, -0.25) is 4.79 Å². The minimum Gasteiger partial charge on any atom is -0.351 e. The van der Waals surface area contributed by atoms with Gasteiger partial charge in [0.25, 0.3) is 0 Å². The summed E-state index contributed by atoms with van der Waals surface area (Å²) in [6.07, 6.45) is 0.316. The Morgan fingerprint density at radius 1 is 1.54 bits per heavy atom. The number of nitrogens with two attached hydrogens (primary N) is 1. The van der Waals surface area contributed by atoms with Crippen LogP contribution in [0.3, 0.4) is 0 Å². The van der Waals surface area contributed by atoms with Gasteiger partial charge in [0, 0.05) is 6.04 Å². The second kappa shape index (κ2) is 5.55. The highest BCUT2D eigenvalue weighted by atomic mass is 16.2. The molecule has 0 aliphatic heterocycles. The number of carbonyl (C=O) groups is 1. The van der Waals surface area contributed by atoms with E-state index in [-0.39, 0.29) is 17.9 Å². The highest BCUT2D eigenvalue weighted by Crippen LogP contribution is 1.99. The van der Waals surface area contributed by atoms with Crippen LogP contribution in [0.1, 0.15) is 27.2 Å². The molecule has 0 aromatic heterocycles. The van der Waals surface area contributed by atoms with E-state index in [1.165, 1.54) is 0 Å². The molecule has 1 amide bonds. The standard InChI is InChI=1S/C9H17N3O/c1-6(2)8(11)9(13)12-7(3)4-5-10/h6-8H,4,11H2,1-3H3,(H,12,13)/t7?,8-/m1/s1. The molecule has 74 valence electrons. The smallest absolute Gasteiger partial charge is 0.237 e. The van der Waals surface area contributed by atoms with Crippen molar-refractivity contribution in [2.75, 3.05) is 0 Å². The molecule has 0 aromatic carbocycles. The van der Waals surface area contributed by atoms with E-state index in [0.29, 0.717) is 6.42 Å². The summed E-state index contributed by atoms with van der Waals surface area (Å²) in [5, 5.41) is 11.0. The molecule has 0 fully saturated rings. The quantitative estimate of drug-likeness (QED) is 0.661. The fraction of sp³-hybridized carbons (Fsp3) is 0.778. The molecule has 0 heterocycles. The number of nitrogens with one attached hydrogen (secondary N) is 1. The van der Waals surface area contributed by atoms with Crippen LogP contribution in [0.2, 0.25) is 0 Å². The summed E-state index contributed by atoms with van der Waals surface area (Å²) in [5.74, 6) is -0.0629. The Balaban J connectivity index is 3.94. The molecule has 0 bridgehead atoms. The minimum absolute atomic E-state index is 0.120. The van der Waals surface area contributed by atoms with Crippen molar-refractivity contribution in [3.05, 3.63) is 0 Å². The van der Waals surface area contributed by atoms with E-state index in [4.69, 9.17) is 11.0 Å². The van der Waals surface area contributed by atoms with Crippen LogP contribution in [-0.4, -0.2) is 18.0 Å². The van der Waals surface area contributed by atoms with Crippen LogP contribution in [0.4, 0.5) is 0 Å². The van der Waals surface area contributed by atoms with Gasteiger partial charge in [0.05, 0.1) is 18.5 Å². The van der Waals surface area contributed by atoms with Crippen LogP contribution in [0, 0.1) is 17.2 Å². The van der Waals surface area contributed by atoms with Crippen LogP contribution < -0.4 is 11.1 Å². The molecule has 0 aliphatic rings. The van der Waals surface area contributed by atoms with Crippen LogP contribution in [-0.2, 0) is 4.79 Å². The molecule has 4 nitrogen and oxygen atoms in total. The van der Waals surface area contributed by atoms with Crippen molar-refractivity contribution in [2.45, 2.75) is 39.3 Å².